The highest BCUT2D eigenvalue weighted by molar-refractivity contribution is 7.89. The largest absolute Gasteiger partial charge is 0.485 e. The molecule has 166 valence electrons. The first-order chi connectivity index (χ1) is 14.7. The highest BCUT2D eigenvalue weighted by atomic mass is 35.5. The van der Waals surface area contributed by atoms with E-state index in [2.05, 4.69) is 9.46 Å². The Kier molecular flexibility index (Phi) is 6.06. The maximum Gasteiger partial charge on any atom is 0.343 e. The maximum atomic E-state index is 12.9. The van der Waals surface area contributed by atoms with Gasteiger partial charge in [-0.15, -0.1) is 0 Å². The van der Waals surface area contributed by atoms with Crippen LogP contribution in [0.15, 0.2) is 41.3 Å². The fraction of sp³-hybridized carbons (Fsp3) is 0.350. The van der Waals surface area contributed by atoms with Crippen molar-refractivity contribution in [1.82, 2.24) is 4.72 Å². The third-order valence-corrected chi connectivity index (χ3v) is 7.58. The lowest BCUT2D eigenvalue weighted by atomic mass is 9.94. The number of methoxy groups -OCH3 is 1. The Hall–Kier alpha value is -2.04. The number of aliphatic hydroxyl groups is 1. The Morgan fingerprint density at radius 2 is 2.03 bits per heavy atom. The SMILES string of the molecule is COC(=O)COc1cccc2c1OC1CC(O)C(NS(=O)(=O)c3ccc(Cl)c(Cl)c3)C21. The van der Waals surface area contributed by atoms with Crippen LogP contribution >= 0.6 is 23.2 Å². The van der Waals surface area contributed by atoms with E-state index in [-0.39, 0.29) is 28.0 Å². The van der Waals surface area contributed by atoms with Gasteiger partial charge >= 0.3 is 5.97 Å². The molecule has 4 atom stereocenters. The van der Waals surface area contributed by atoms with Gasteiger partial charge in [-0.25, -0.2) is 17.9 Å². The minimum Gasteiger partial charge on any atom is -0.485 e. The molecule has 8 nitrogen and oxygen atoms in total. The second kappa shape index (κ2) is 8.48. The maximum absolute atomic E-state index is 12.9. The average Bonchev–Trinajstić information content (AvgIpc) is 3.23. The number of aliphatic hydroxyl groups excluding tert-OH is 1. The van der Waals surface area contributed by atoms with Crippen molar-refractivity contribution in [2.75, 3.05) is 13.7 Å². The Labute approximate surface area is 189 Å². The van der Waals surface area contributed by atoms with Gasteiger partial charge in [0, 0.05) is 17.9 Å². The number of ether oxygens (including phenoxy) is 3. The number of rotatable bonds is 6. The Bertz CT molecular complexity index is 1120. The zero-order chi connectivity index (χ0) is 22.3. The van der Waals surface area contributed by atoms with Crippen LogP contribution in [0.4, 0.5) is 0 Å². The number of para-hydroxylation sites is 1. The van der Waals surface area contributed by atoms with Crippen LogP contribution in [-0.4, -0.2) is 51.5 Å². The Morgan fingerprint density at radius 3 is 2.74 bits per heavy atom. The molecule has 2 aromatic rings. The van der Waals surface area contributed by atoms with Gasteiger partial charge in [-0.3, -0.25) is 0 Å². The molecule has 1 aliphatic carbocycles. The molecule has 0 amide bonds. The standard InChI is InChI=1S/C20H19Cl2NO7S/c1-28-17(25)9-29-15-4-2-3-11-18-16(30-20(11)15)8-14(24)19(18)23-31(26,27)10-5-6-12(21)13(22)7-10/h2-7,14,16,18-19,23-24H,8-9H2,1H3. The quantitative estimate of drug-likeness (QED) is 0.602. The summed E-state index contributed by atoms with van der Waals surface area (Å²) < 4.78 is 44.5. The lowest BCUT2D eigenvalue weighted by Gasteiger charge is -2.22. The lowest BCUT2D eigenvalue weighted by Crippen LogP contribution is -2.43. The lowest BCUT2D eigenvalue weighted by molar-refractivity contribution is -0.142. The first-order valence-electron chi connectivity index (χ1n) is 9.36. The van der Waals surface area contributed by atoms with Crippen molar-refractivity contribution in [3.8, 4) is 11.5 Å². The molecule has 0 bridgehead atoms. The third-order valence-electron chi connectivity index (χ3n) is 5.38. The summed E-state index contributed by atoms with van der Waals surface area (Å²) in [4.78, 5) is 11.3. The van der Waals surface area contributed by atoms with Crippen LogP contribution in [0, 0.1) is 0 Å². The van der Waals surface area contributed by atoms with E-state index < -0.39 is 40.2 Å². The fourth-order valence-electron chi connectivity index (χ4n) is 3.94. The number of carbonyl (C=O) groups is 1. The van der Waals surface area contributed by atoms with Gasteiger partial charge < -0.3 is 19.3 Å². The highest BCUT2D eigenvalue weighted by Gasteiger charge is 2.51. The average molecular weight is 488 g/mol. The van der Waals surface area contributed by atoms with Crippen LogP contribution in [0.2, 0.25) is 10.0 Å². The van der Waals surface area contributed by atoms with Crippen molar-refractivity contribution in [2.45, 2.75) is 35.5 Å². The molecule has 4 unspecified atom stereocenters. The van der Waals surface area contributed by atoms with E-state index in [1.165, 1.54) is 25.3 Å². The molecular formula is C20H19Cl2NO7S. The zero-order valence-corrected chi connectivity index (χ0v) is 18.6. The van der Waals surface area contributed by atoms with Crippen molar-refractivity contribution in [1.29, 1.82) is 0 Å². The summed E-state index contributed by atoms with van der Waals surface area (Å²) in [7, 11) is -2.74. The molecule has 0 saturated heterocycles. The summed E-state index contributed by atoms with van der Waals surface area (Å²) >= 11 is 11.8. The van der Waals surface area contributed by atoms with E-state index in [0.717, 1.165) is 0 Å². The number of fused-ring (bicyclic) bond motifs is 3. The van der Waals surface area contributed by atoms with Gasteiger partial charge in [-0.05, 0) is 24.3 Å². The summed E-state index contributed by atoms with van der Waals surface area (Å²) in [6.07, 6.45) is -1.18. The van der Waals surface area contributed by atoms with Crippen LogP contribution < -0.4 is 14.2 Å². The molecule has 0 spiro atoms. The molecule has 11 heteroatoms. The van der Waals surface area contributed by atoms with E-state index in [0.29, 0.717) is 17.1 Å². The topological polar surface area (TPSA) is 111 Å². The molecule has 2 N–H and O–H groups in total. The minimum atomic E-state index is -3.99. The van der Waals surface area contributed by atoms with Crippen LogP contribution in [0.25, 0.3) is 0 Å². The van der Waals surface area contributed by atoms with Crippen LogP contribution in [-0.2, 0) is 19.6 Å². The van der Waals surface area contributed by atoms with Gasteiger partial charge in [0.1, 0.15) is 6.10 Å². The minimum absolute atomic E-state index is 0.0631. The Balaban J connectivity index is 1.61. The number of nitrogens with one attached hydrogen (secondary N) is 1. The predicted octanol–water partition coefficient (Wildman–Crippen LogP) is 2.50. The zero-order valence-electron chi connectivity index (χ0n) is 16.2. The molecule has 4 rings (SSSR count). The molecular weight excluding hydrogens is 469 g/mol. The van der Waals surface area contributed by atoms with Crippen LogP contribution in [0.1, 0.15) is 17.9 Å². The second-order valence-electron chi connectivity index (χ2n) is 7.25. The molecule has 0 aromatic heterocycles. The number of halogens is 2. The number of hydrogen-bond donors (Lipinski definition) is 2. The number of esters is 1. The van der Waals surface area contributed by atoms with Gasteiger partial charge in [-0.2, -0.15) is 0 Å². The van der Waals surface area contributed by atoms with E-state index in [9.17, 15) is 18.3 Å². The molecule has 1 heterocycles. The van der Waals surface area contributed by atoms with E-state index in [4.69, 9.17) is 32.7 Å². The number of sulfonamides is 1. The molecule has 0 radical (unpaired) electrons. The normalized spacial score (nSPS) is 24.3. The van der Waals surface area contributed by atoms with Crippen molar-refractivity contribution >= 4 is 39.2 Å². The Morgan fingerprint density at radius 1 is 1.26 bits per heavy atom. The summed E-state index contributed by atoms with van der Waals surface area (Å²) in [5, 5.41) is 10.9. The number of hydrogen-bond acceptors (Lipinski definition) is 7. The molecule has 1 fully saturated rings. The van der Waals surface area contributed by atoms with Gasteiger partial charge in [0.15, 0.2) is 18.1 Å². The van der Waals surface area contributed by atoms with E-state index in [1.807, 2.05) is 0 Å². The van der Waals surface area contributed by atoms with Crippen LogP contribution in [0.5, 0.6) is 11.5 Å². The van der Waals surface area contributed by atoms with Gasteiger partial charge in [0.05, 0.1) is 34.2 Å². The second-order valence-corrected chi connectivity index (χ2v) is 9.78. The van der Waals surface area contributed by atoms with Crippen LogP contribution in [0.3, 0.4) is 0 Å². The molecule has 1 aliphatic heterocycles. The molecule has 2 aliphatic rings. The van der Waals surface area contributed by atoms with E-state index >= 15 is 0 Å². The fourth-order valence-corrected chi connectivity index (χ4v) is 5.62. The molecule has 2 aromatic carbocycles. The summed E-state index contributed by atoms with van der Waals surface area (Å²) in [6, 6.07) is 8.30. The number of carbonyl (C=O) groups excluding carboxylic acids is 1. The van der Waals surface area contributed by atoms with E-state index in [1.54, 1.807) is 18.2 Å². The molecule has 1 saturated carbocycles. The first kappa shape index (κ1) is 22.2. The monoisotopic (exact) mass is 487 g/mol. The van der Waals surface area contributed by atoms with Crippen molar-refractivity contribution < 1.29 is 32.5 Å². The smallest absolute Gasteiger partial charge is 0.343 e. The summed E-state index contributed by atoms with van der Waals surface area (Å²) in [5.74, 6) is -0.215. The molecule has 31 heavy (non-hydrogen) atoms. The third kappa shape index (κ3) is 4.20. The van der Waals surface area contributed by atoms with Crippen molar-refractivity contribution in [2.24, 2.45) is 0 Å². The summed E-state index contributed by atoms with van der Waals surface area (Å²) in [5.41, 5.74) is 0.686. The highest BCUT2D eigenvalue weighted by Crippen LogP contribution is 2.51. The van der Waals surface area contributed by atoms with Crippen molar-refractivity contribution in [3.05, 3.63) is 52.0 Å². The first-order valence-corrected chi connectivity index (χ1v) is 11.6. The van der Waals surface area contributed by atoms with Gasteiger partial charge in [-0.1, -0.05) is 35.3 Å². The number of benzene rings is 2. The predicted molar refractivity (Wildman–Crippen MR) is 112 cm³/mol. The van der Waals surface area contributed by atoms with Crippen molar-refractivity contribution in [3.63, 3.8) is 0 Å². The summed E-state index contributed by atoms with van der Waals surface area (Å²) in [6.45, 7) is -0.290. The van der Waals surface area contributed by atoms with Gasteiger partial charge in [0.25, 0.3) is 0 Å². The van der Waals surface area contributed by atoms with Gasteiger partial charge in [0.2, 0.25) is 10.0 Å².